The molecule has 0 fully saturated rings. The highest BCUT2D eigenvalue weighted by atomic mass is 35.5. The van der Waals surface area contributed by atoms with Gasteiger partial charge in [0.25, 0.3) is 0 Å². The van der Waals surface area contributed by atoms with Crippen molar-refractivity contribution in [1.82, 2.24) is 0 Å². The normalized spacial score (nSPS) is 10.8. The van der Waals surface area contributed by atoms with Gasteiger partial charge in [0.05, 0.1) is 0 Å². The third kappa shape index (κ3) is 5.07. The van der Waals surface area contributed by atoms with E-state index in [0.29, 0.717) is 17.2 Å². The Kier molecular flexibility index (Phi) is 5.65. The molecule has 0 atom stereocenters. The van der Waals surface area contributed by atoms with Crippen LogP contribution in [0.1, 0.15) is 21.5 Å². The van der Waals surface area contributed by atoms with Gasteiger partial charge in [-0.05, 0) is 41.5 Å². The molecule has 0 spiro atoms. The van der Waals surface area contributed by atoms with Crippen molar-refractivity contribution in [3.63, 3.8) is 0 Å². The summed E-state index contributed by atoms with van der Waals surface area (Å²) in [5.41, 5.74) is 2.64. The van der Waals surface area contributed by atoms with E-state index in [9.17, 15) is 4.79 Å². The Labute approximate surface area is 152 Å². The Morgan fingerprint density at radius 1 is 0.920 bits per heavy atom. The van der Waals surface area contributed by atoms with E-state index < -0.39 is 0 Å². The van der Waals surface area contributed by atoms with Crippen molar-refractivity contribution in [2.75, 3.05) is 0 Å². The average molecular weight is 349 g/mol. The zero-order valence-corrected chi connectivity index (χ0v) is 14.3. The third-order valence-corrected chi connectivity index (χ3v) is 3.91. The second-order valence-corrected chi connectivity index (χ2v) is 5.99. The topological polar surface area (TPSA) is 26.3 Å². The number of ketones is 1. The molecule has 0 aliphatic carbocycles. The third-order valence-electron chi connectivity index (χ3n) is 3.66. The Balaban J connectivity index is 1.64. The van der Waals surface area contributed by atoms with E-state index in [1.54, 1.807) is 24.3 Å². The monoisotopic (exact) mass is 348 g/mol. The van der Waals surface area contributed by atoms with Crippen LogP contribution in [0.15, 0.2) is 84.9 Å². The van der Waals surface area contributed by atoms with Crippen LogP contribution in [0, 0.1) is 0 Å². The van der Waals surface area contributed by atoms with Crippen LogP contribution in [0.25, 0.3) is 6.08 Å². The molecule has 2 nitrogen and oxygen atoms in total. The highest BCUT2D eigenvalue weighted by Gasteiger charge is 2.01. The van der Waals surface area contributed by atoms with E-state index in [-0.39, 0.29) is 5.78 Å². The Hall–Kier alpha value is -2.84. The summed E-state index contributed by atoms with van der Waals surface area (Å²) in [5, 5.41) is 0.707. The lowest BCUT2D eigenvalue weighted by Gasteiger charge is -2.07. The van der Waals surface area contributed by atoms with Crippen molar-refractivity contribution in [3.05, 3.63) is 107 Å². The molecule has 0 heterocycles. The highest BCUT2D eigenvalue weighted by molar-refractivity contribution is 6.30. The van der Waals surface area contributed by atoms with Gasteiger partial charge in [-0.2, -0.15) is 0 Å². The fourth-order valence-corrected chi connectivity index (χ4v) is 2.45. The summed E-state index contributed by atoms with van der Waals surface area (Å²) in [4.78, 5) is 12.1. The molecule has 3 rings (SSSR count). The quantitative estimate of drug-likeness (QED) is 0.414. The SMILES string of the molecule is O=C(/C=C/c1cccc(OCc2ccc(Cl)cc2)c1)c1ccccc1. The van der Waals surface area contributed by atoms with Gasteiger partial charge in [0.15, 0.2) is 5.78 Å². The van der Waals surface area contributed by atoms with Crippen LogP contribution in [0.4, 0.5) is 0 Å². The van der Waals surface area contributed by atoms with Crippen LogP contribution < -0.4 is 4.74 Å². The lowest BCUT2D eigenvalue weighted by molar-refractivity contribution is 0.104. The van der Waals surface area contributed by atoms with Crippen molar-refractivity contribution < 1.29 is 9.53 Å². The molecule has 3 heteroatoms. The van der Waals surface area contributed by atoms with E-state index in [2.05, 4.69) is 0 Å². The fraction of sp³-hybridized carbons (Fsp3) is 0.0455. The molecule has 0 saturated carbocycles. The number of rotatable bonds is 6. The minimum Gasteiger partial charge on any atom is -0.489 e. The van der Waals surface area contributed by atoms with Gasteiger partial charge in [0, 0.05) is 10.6 Å². The first kappa shape index (κ1) is 17.0. The molecule has 3 aromatic carbocycles. The zero-order valence-electron chi connectivity index (χ0n) is 13.6. The van der Waals surface area contributed by atoms with E-state index in [1.165, 1.54) is 0 Å². The maximum absolute atomic E-state index is 12.1. The van der Waals surface area contributed by atoms with E-state index in [0.717, 1.165) is 16.9 Å². The van der Waals surface area contributed by atoms with Gasteiger partial charge in [0.2, 0.25) is 0 Å². The van der Waals surface area contributed by atoms with Crippen LogP contribution in [-0.2, 0) is 6.61 Å². The number of benzene rings is 3. The van der Waals surface area contributed by atoms with Crippen LogP contribution >= 0.6 is 11.6 Å². The molecule has 25 heavy (non-hydrogen) atoms. The number of halogens is 1. The molecule has 124 valence electrons. The fourth-order valence-electron chi connectivity index (χ4n) is 2.33. The number of carbonyl (C=O) groups excluding carboxylic acids is 1. The second kappa shape index (κ2) is 8.32. The van der Waals surface area contributed by atoms with Gasteiger partial charge in [-0.15, -0.1) is 0 Å². The van der Waals surface area contributed by atoms with Crippen LogP contribution in [-0.4, -0.2) is 5.78 Å². The summed E-state index contributed by atoms with van der Waals surface area (Å²) < 4.78 is 5.80. The number of ether oxygens (including phenoxy) is 1. The summed E-state index contributed by atoms with van der Waals surface area (Å²) >= 11 is 5.88. The van der Waals surface area contributed by atoms with Gasteiger partial charge in [-0.25, -0.2) is 0 Å². The molecule has 0 bridgehead atoms. The van der Waals surface area contributed by atoms with Gasteiger partial charge >= 0.3 is 0 Å². The summed E-state index contributed by atoms with van der Waals surface area (Å²) in [6, 6.07) is 24.4. The molecule has 0 amide bonds. The molecule has 0 aromatic heterocycles. The average Bonchev–Trinajstić information content (AvgIpc) is 2.67. The van der Waals surface area contributed by atoms with Crippen molar-refractivity contribution in [3.8, 4) is 5.75 Å². The molecular formula is C22H17ClO2. The molecule has 3 aromatic rings. The number of hydrogen-bond acceptors (Lipinski definition) is 2. The predicted molar refractivity (Wildman–Crippen MR) is 102 cm³/mol. The first-order chi connectivity index (χ1) is 12.2. The summed E-state index contributed by atoms with van der Waals surface area (Å²) in [6.45, 7) is 0.466. The first-order valence-electron chi connectivity index (χ1n) is 7.95. The molecule has 0 saturated heterocycles. The molecule has 0 aliphatic rings. The predicted octanol–water partition coefficient (Wildman–Crippen LogP) is 5.82. The number of allylic oxidation sites excluding steroid dienone is 1. The summed E-state index contributed by atoms with van der Waals surface area (Å²) in [5.74, 6) is 0.734. The van der Waals surface area contributed by atoms with Gasteiger partial charge in [-0.1, -0.05) is 72.3 Å². The van der Waals surface area contributed by atoms with Crippen LogP contribution in [0.2, 0.25) is 5.02 Å². The maximum Gasteiger partial charge on any atom is 0.185 e. The van der Waals surface area contributed by atoms with Crippen molar-refractivity contribution in [2.24, 2.45) is 0 Å². The van der Waals surface area contributed by atoms with E-state index in [1.807, 2.05) is 66.7 Å². The zero-order chi connectivity index (χ0) is 17.5. The van der Waals surface area contributed by atoms with Crippen molar-refractivity contribution in [2.45, 2.75) is 6.61 Å². The second-order valence-electron chi connectivity index (χ2n) is 5.55. The van der Waals surface area contributed by atoms with Crippen LogP contribution in [0.5, 0.6) is 5.75 Å². The van der Waals surface area contributed by atoms with E-state index >= 15 is 0 Å². The van der Waals surface area contributed by atoms with Gasteiger partial charge in [0.1, 0.15) is 12.4 Å². The minimum absolute atomic E-state index is 0.0203. The summed E-state index contributed by atoms with van der Waals surface area (Å²) in [7, 11) is 0. The van der Waals surface area contributed by atoms with Crippen molar-refractivity contribution in [1.29, 1.82) is 0 Å². The molecule has 0 N–H and O–H groups in total. The summed E-state index contributed by atoms with van der Waals surface area (Å²) in [6.07, 6.45) is 3.37. The van der Waals surface area contributed by atoms with Gasteiger partial charge in [-0.3, -0.25) is 4.79 Å². The lowest BCUT2D eigenvalue weighted by Crippen LogP contribution is -1.95. The Morgan fingerprint density at radius 2 is 1.68 bits per heavy atom. The molecular weight excluding hydrogens is 332 g/mol. The molecule has 0 radical (unpaired) electrons. The van der Waals surface area contributed by atoms with E-state index in [4.69, 9.17) is 16.3 Å². The number of hydrogen-bond donors (Lipinski definition) is 0. The first-order valence-corrected chi connectivity index (χ1v) is 8.33. The number of carbonyl (C=O) groups is 1. The van der Waals surface area contributed by atoms with Gasteiger partial charge < -0.3 is 4.74 Å². The Morgan fingerprint density at radius 3 is 2.44 bits per heavy atom. The standard InChI is InChI=1S/C22H17ClO2/c23-20-12-9-18(10-13-20)16-25-21-8-4-5-17(15-21)11-14-22(24)19-6-2-1-3-7-19/h1-15H,16H2/b14-11+. The minimum atomic E-state index is -0.0203. The molecule has 0 unspecified atom stereocenters. The maximum atomic E-state index is 12.1. The molecule has 0 aliphatic heterocycles. The van der Waals surface area contributed by atoms with Crippen molar-refractivity contribution >= 4 is 23.5 Å². The highest BCUT2D eigenvalue weighted by Crippen LogP contribution is 2.17. The lowest BCUT2D eigenvalue weighted by atomic mass is 10.1. The van der Waals surface area contributed by atoms with Crippen LogP contribution in [0.3, 0.4) is 0 Å². The Bertz CT molecular complexity index is 868. The smallest absolute Gasteiger partial charge is 0.185 e. The largest absolute Gasteiger partial charge is 0.489 e.